The van der Waals surface area contributed by atoms with Crippen molar-refractivity contribution in [2.24, 2.45) is 0 Å². The van der Waals surface area contributed by atoms with Gasteiger partial charge in [0.2, 0.25) is 0 Å². The summed E-state index contributed by atoms with van der Waals surface area (Å²) in [5, 5.41) is 0. The van der Waals surface area contributed by atoms with Gasteiger partial charge in [0.1, 0.15) is 5.76 Å². The Bertz CT molecular complexity index is 1050. The lowest BCUT2D eigenvalue weighted by Gasteiger charge is -2.41. The zero-order valence-corrected chi connectivity index (χ0v) is 18.1. The van der Waals surface area contributed by atoms with E-state index in [0.29, 0.717) is 24.6 Å². The van der Waals surface area contributed by atoms with E-state index < -0.39 is 10.8 Å². The number of rotatable bonds is 5. The van der Waals surface area contributed by atoms with Crippen LogP contribution in [0.1, 0.15) is 28.8 Å². The van der Waals surface area contributed by atoms with E-state index in [4.69, 9.17) is 4.42 Å². The molecule has 0 radical (unpaired) electrons. The molecule has 5 nitrogen and oxygen atoms in total. The van der Waals surface area contributed by atoms with Gasteiger partial charge in [0, 0.05) is 36.3 Å². The van der Waals surface area contributed by atoms with Gasteiger partial charge in [-0.25, -0.2) is 0 Å². The molecule has 2 heterocycles. The molecule has 2 atom stereocenters. The fraction of sp³-hybridized carbons (Fsp3) is 0.292. The van der Waals surface area contributed by atoms with E-state index in [1.807, 2.05) is 35.2 Å². The number of hydrogen-bond acceptors (Lipinski definition) is 4. The average Bonchev–Trinajstić information content (AvgIpc) is 3.22. The van der Waals surface area contributed by atoms with Crippen LogP contribution in [-0.4, -0.2) is 40.7 Å². The third kappa shape index (κ3) is 4.49. The van der Waals surface area contributed by atoms with Crippen LogP contribution in [-0.2, 0) is 16.6 Å². The lowest BCUT2D eigenvalue weighted by atomic mass is 10.1. The summed E-state index contributed by atoms with van der Waals surface area (Å²) in [4.78, 5) is 17.9. The SMILES string of the molecule is Cc1cccc(N2CCN(C(=O)c3ccc(C[S@](=O)c4ccccc4)o3)C[C@@H]2C)c1. The largest absolute Gasteiger partial charge is 0.455 e. The van der Waals surface area contributed by atoms with Gasteiger partial charge < -0.3 is 14.2 Å². The first kappa shape index (κ1) is 20.4. The highest BCUT2D eigenvalue weighted by Gasteiger charge is 2.29. The van der Waals surface area contributed by atoms with E-state index in [-0.39, 0.29) is 17.7 Å². The van der Waals surface area contributed by atoms with Crippen LogP contribution in [0.25, 0.3) is 0 Å². The standard InChI is InChI=1S/C24H26N2O3S/c1-18-7-6-8-20(15-18)26-14-13-25(16-19(26)2)24(27)23-12-11-21(29-23)17-30(28)22-9-4-3-5-10-22/h3-12,15,19H,13-14,16-17H2,1-2H3/t19-,30-/m0/s1. The van der Waals surface area contributed by atoms with Crippen molar-refractivity contribution in [3.05, 3.63) is 83.8 Å². The Morgan fingerprint density at radius 1 is 1.07 bits per heavy atom. The van der Waals surface area contributed by atoms with Crippen molar-refractivity contribution in [2.75, 3.05) is 24.5 Å². The molecule has 30 heavy (non-hydrogen) atoms. The molecule has 1 aromatic heterocycles. The monoisotopic (exact) mass is 422 g/mol. The number of aryl methyl sites for hydroxylation is 1. The number of carbonyl (C=O) groups is 1. The Labute approximate surface area is 179 Å². The highest BCUT2D eigenvalue weighted by Crippen LogP contribution is 2.23. The molecule has 1 amide bonds. The molecule has 0 bridgehead atoms. The van der Waals surface area contributed by atoms with Gasteiger partial charge >= 0.3 is 0 Å². The molecule has 1 aliphatic heterocycles. The van der Waals surface area contributed by atoms with Gasteiger partial charge in [0.05, 0.1) is 16.6 Å². The topological polar surface area (TPSA) is 53.8 Å². The summed E-state index contributed by atoms with van der Waals surface area (Å²) in [5.74, 6) is 1.02. The number of hydrogen-bond donors (Lipinski definition) is 0. The average molecular weight is 423 g/mol. The summed E-state index contributed by atoms with van der Waals surface area (Å²) in [6.07, 6.45) is 0. The minimum Gasteiger partial charge on any atom is -0.455 e. The lowest BCUT2D eigenvalue weighted by molar-refractivity contribution is 0.0692. The van der Waals surface area contributed by atoms with Crippen LogP contribution in [0.5, 0.6) is 0 Å². The number of furan rings is 1. The Morgan fingerprint density at radius 2 is 1.87 bits per heavy atom. The molecule has 1 fully saturated rings. The van der Waals surface area contributed by atoms with Crippen LogP contribution in [0.3, 0.4) is 0 Å². The Hall–Kier alpha value is -2.86. The van der Waals surface area contributed by atoms with Crippen LogP contribution >= 0.6 is 0 Å². The fourth-order valence-corrected chi connectivity index (χ4v) is 4.88. The van der Waals surface area contributed by atoms with Crippen molar-refractivity contribution >= 4 is 22.4 Å². The first-order valence-corrected chi connectivity index (χ1v) is 11.5. The van der Waals surface area contributed by atoms with Crippen molar-refractivity contribution in [1.29, 1.82) is 0 Å². The minimum absolute atomic E-state index is 0.109. The Balaban J connectivity index is 1.39. The summed E-state index contributed by atoms with van der Waals surface area (Å²) >= 11 is 0. The van der Waals surface area contributed by atoms with Gasteiger partial charge in [-0.2, -0.15) is 0 Å². The summed E-state index contributed by atoms with van der Waals surface area (Å²) in [6, 6.07) is 21.4. The van der Waals surface area contributed by atoms with E-state index >= 15 is 0 Å². The van der Waals surface area contributed by atoms with Crippen molar-refractivity contribution in [2.45, 2.75) is 30.5 Å². The summed E-state index contributed by atoms with van der Waals surface area (Å²) in [7, 11) is -1.20. The second-order valence-corrected chi connectivity index (χ2v) is 9.15. The maximum absolute atomic E-state index is 12.9. The predicted molar refractivity (Wildman–Crippen MR) is 119 cm³/mol. The summed E-state index contributed by atoms with van der Waals surface area (Å²) < 4.78 is 18.2. The smallest absolute Gasteiger partial charge is 0.289 e. The molecular weight excluding hydrogens is 396 g/mol. The molecule has 0 N–H and O–H groups in total. The number of nitrogens with zero attached hydrogens (tertiary/aromatic N) is 2. The van der Waals surface area contributed by atoms with Gasteiger partial charge in [0.15, 0.2) is 5.76 Å². The molecule has 156 valence electrons. The zero-order chi connectivity index (χ0) is 21.1. The number of anilines is 1. The molecule has 6 heteroatoms. The highest BCUT2D eigenvalue weighted by atomic mass is 32.2. The van der Waals surface area contributed by atoms with Crippen LogP contribution < -0.4 is 4.90 Å². The van der Waals surface area contributed by atoms with Gasteiger partial charge in [0.25, 0.3) is 5.91 Å². The summed E-state index contributed by atoms with van der Waals surface area (Å²) in [6.45, 7) is 6.29. The minimum atomic E-state index is -1.20. The number of carbonyl (C=O) groups excluding carboxylic acids is 1. The zero-order valence-electron chi connectivity index (χ0n) is 17.3. The predicted octanol–water partition coefficient (Wildman–Crippen LogP) is 4.25. The molecule has 0 saturated carbocycles. The normalized spacial score (nSPS) is 17.7. The van der Waals surface area contributed by atoms with E-state index in [1.54, 1.807) is 12.1 Å². The Kier molecular flexibility index (Phi) is 6.04. The fourth-order valence-electron chi connectivity index (χ4n) is 3.84. The van der Waals surface area contributed by atoms with Crippen molar-refractivity contribution in [3.8, 4) is 0 Å². The van der Waals surface area contributed by atoms with Crippen molar-refractivity contribution < 1.29 is 13.4 Å². The number of amides is 1. The quantitative estimate of drug-likeness (QED) is 0.617. The van der Waals surface area contributed by atoms with E-state index in [9.17, 15) is 9.00 Å². The molecule has 1 aliphatic rings. The first-order chi connectivity index (χ1) is 14.5. The van der Waals surface area contributed by atoms with Gasteiger partial charge in [-0.1, -0.05) is 30.3 Å². The lowest BCUT2D eigenvalue weighted by Crippen LogP contribution is -2.53. The van der Waals surface area contributed by atoms with Crippen molar-refractivity contribution in [3.63, 3.8) is 0 Å². The van der Waals surface area contributed by atoms with Gasteiger partial charge in [-0.15, -0.1) is 0 Å². The second-order valence-electron chi connectivity index (χ2n) is 7.70. The maximum atomic E-state index is 12.9. The molecule has 1 saturated heterocycles. The van der Waals surface area contributed by atoms with Gasteiger partial charge in [-0.3, -0.25) is 9.00 Å². The van der Waals surface area contributed by atoms with E-state index in [2.05, 4.69) is 43.0 Å². The van der Waals surface area contributed by atoms with Gasteiger partial charge in [-0.05, 0) is 55.8 Å². The molecule has 0 aliphatic carbocycles. The van der Waals surface area contributed by atoms with Crippen LogP contribution in [0, 0.1) is 6.92 Å². The van der Waals surface area contributed by atoms with E-state index in [1.165, 1.54) is 11.3 Å². The molecule has 4 rings (SSSR count). The van der Waals surface area contributed by atoms with E-state index in [0.717, 1.165) is 11.4 Å². The molecule has 2 aromatic carbocycles. The maximum Gasteiger partial charge on any atom is 0.289 e. The highest BCUT2D eigenvalue weighted by molar-refractivity contribution is 7.84. The number of benzene rings is 2. The first-order valence-electron chi connectivity index (χ1n) is 10.2. The van der Waals surface area contributed by atoms with Crippen LogP contribution in [0.4, 0.5) is 5.69 Å². The van der Waals surface area contributed by atoms with Crippen molar-refractivity contribution in [1.82, 2.24) is 4.90 Å². The van der Waals surface area contributed by atoms with Crippen LogP contribution in [0.2, 0.25) is 0 Å². The molecule has 3 aromatic rings. The number of piperazine rings is 1. The van der Waals surface area contributed by atoms with Crippen LogP contribution in [0.15, 0.2) is 76.0 Å². The summed E-state index contributed by atoms with van der Waals surface area (Å²) in [5.41, 5.74) is 2.42. The second kappa shape index (κ2) is 8.88. The Morgan fingerprint density at radius 3 is 2.60 bits per heavy atom. The molecule has 0 spiro atoms. The third-order valence-electron chi connectivity index (χ3n) is 5.40. The molecular formula is C24H26N2O3S. The molecule has 0 unspecified atom stereocenters. The third-order valence-corrected chi connectivity index (χ3v) is 6.74.